The van der Waals surface area contributed by atoms with Crippen molar-refractivity contribution in [1.82, 2.24) is 25.2 Å². The van der Waals surface area contributed by atoms with Gasteiger partial charge in [0.1, 0.15) is 0 Å². The van der Waals surface area contributed by atoms with Gasteiger partial charge in [-0.15, -0.1) is 5.10 Å². The number of esters is 1. The van der Waals surface area contributed by atoms with Crippen LogP contribution < -0.4 is 5.56 Å². The third kappa shape index (κ3) is 1.44. The molecule has 0 aliphatic heterocycles. The minimum atomic E-state index is -0.618. The van der Waals surface area contributed by atoms with E-state index in [0.29, 0.717) is 0 Å². The molecule has 0 saturated carbocycles. The van der Waals surface area contributed by atoms with Crippen molar-refractivity contribution in [3.05, 3.63) is 16.0 Å². The monoisotopic (exact) mass is 223 g/mol. The second-order valence-corrected chi connectivity index (χ2v) is 3.03. The molecule has 2 aromatic heterocycles. The second kappa shape index (κ2) is 3.72. The molecular formula is C8H9N5O3. The standard InChI is InChI=1S/C8H9N5O3/c1-3-16-8(15)5-4-6(13(2)11-5)7(14)10-12-9-4/h3H2,1-2H3,(H,9,10,14). The van der Waals surface area contributed by atoms with Crippen LogP contribution in [0.5, 0.6) is 0 Å². The fourth-order valence-electron chi connectivity index (χ4n) is 1.37. The number of carbonyl (C=O) groups is 1. The fraction of sp³-hybridized carbons (Fsp3) is 0.375. The maximum Gasteiger partial charge on any atom is 0.361 e. The number of rotatable bonds is 2. The van der Waals surface area contributed by atoms with Gasteiger partial charge in [0.2, 0.25) is 0 Å². The molecule has 2 aromatic rings. The van der Waals surface area contributed by atoms with E-state index in [1.807, 2.05) is 0 Å². The summed E-state index contributed by atoms with van der Waals surface area (Å²) in [5, 5.41) is 13.1. The van der Waals surface area contributed by atoms with Crippen LogP contribution in [0.4, 0.5) is 0 Å². The maximum absolute atomic E-state index is 11.5. The molecule has 84 valence electrons. The third-order valence-corrected chi connectivity index (χ3v) is 2.01. The van der Waals surface area contributed by atoms with Gasteiger partial charge in [0.05, 0.1) is 6.61 Å². The fourth-order valence-corrected chi connectivity index (χ4v) is 1.37. The number of nitrogens with one attached hydrogen (secondary N) is 1. The molecule has 8 nitrogen and oxygen atoms in total. The number of carbonyl (C=O) groups excluding carboxylic acids is 1. The minimum absolute atomic E-state index is 0.00190. The van der Waals surface area contributed by atoms with Gasteiger partial charge in [-0.1, -0.05) is 5.21 Å². The number of aryl methyl sites for hydroxylation is 1. The third-order valence-electron chi connectivity index (χ3n) is 2.01. The van der Waals surface area contributed by atoms with Gasteiger partial charge in [-0.25, -0.2) is 9.89 Å². The van der Waals surface area contributed by atoms with Crippen molar-refractivity contribution in [1.29, 1.82) is 0 Å². The second-order valence-electron chi connectivity index (χ2n) is 3.03. The number of aromatic amines is 1. The Balaban J connectivity index is 2.69. The van der Waals surface area contributed by atoms with Gasteiger partial charge in [0.25, 0.3) is 5.56 Å². The average molecular weight is 223 g/mol. The van der Waals surface area contributed by atoms with E-state index in [4.69, 9.17) is 4.74 Å². The first-order valence-corrected chi connectivity index (χ1v) is 4.60. The van der Waals surface area contributed by atoms with Crippen molar-refractivity contribution < 1.29 is 9.53 Å². The summed E-state index contributed by atoms with van der Waals surface area (Å²) >= 11 is 0. The van der Waals surface area contributed by atoms with Gasteiger partial charge in [0.15, 0.2) is 16.7 Å². The molecule has 1 N–H and O–H groups in total. The van der Waals surface area contributed by atoms with Crippen LogP contribution in [0.25, 0.3) is 11.0 Å². The van der Waals surface area contributed by atoms with E-state index >= 15 is 0 Å². The summed E-state index contributed by atoms with van der Waals surface area (Å²) in [6.07, 6.45) is 0. The molecule has 0 amide bonds. The largest absolute Gasteiger partial charge is 0.461 e. The van der Waals surface area contributed by atoms with Crippen LogP contribution in [-0.2, 0) is 11.8 Å². The highest BCUT2D eigenvalue weighted by molar-refractivity contribution is 5.99. The first-order valence-electron chi connectivity index (χ1n) is 4.60. The number of hydrogen-bond donors (Lipinski definition) is 1. The Bertz CT molecular complexity index is 599. The van der Waals surface area contributed by atoms with Gasteiger partial charge in [0, 0.05) is 7.05 Å². The first kappa shape index (κ1) is 10.3. The Hall–Kier alpha value is -2.25. The van der Waals surface area contributed by atoms with Gasteiger partial charge >= 0.3 is 5.97 Å². The van der Waals surface area contributed by atoms with E-state index < -0.39 is 11.5 Å². The van der Waals surface area contributed by atoms with Gasteiger partial charge in [-0.05, 0) is 6.92 Å². The SMILES string of the molecule is CCOC(=O)c1nn(C)c2c(=O)[nH]nnc12. The summed E-state index contributed by atoms with van der Waals surface area (Å²) in [6, 6.07) is 0. The highest BCUT2D eigenvalue weighted by Gasteiger charge is 2.20. The first-order chi connectivity index (χ1) is 7.65. The highest BCUT2D eigenvalue weighted by atomic mass is 16.5. The molecule has 0 unspecified atom stereocenters. The van der Waals surface area contributed by atoms with Crippen molar-refractivity contribution in [3.63, 3.8) is 0 Å². The molecule has 16 heavy (non-hydrogen) atoms. The lowest BCUT2D eigenvalue weighted by molar-refractivity contribution is 0.0520. The molecule has 2 heterocycles. The minimum Gasteiger partial charge on any atom is -0.461 e. The van der Waals surface area contributed by atoms with Crippen LogP contribution in [0.1, 0.15) is 17.4 Å². The van der Waals surface area contributed by atoms with Crippen molar-refractivity contribution in [2.75, 3.05) is 6.61 Å². The van der Waals surface area contributed by atoms with Gasteiger partial charge in [-0.3, -0.25) is 9.48 Å². The molecule has 8 heteroatoms. The van der Waals surface area contributed by atoms with Crippen LogP contribution in [0.2, 0.25) is 0 Å². The van der Waals surface area contributed by atoms with Gasteiger partial charge < -0.3 is 4.74 Å². The molecule has 0 aliphatic rings. The van der Waals surface area contributed by atoms with E-state index in [-0.39, 0.29) is 23.3 Å². The molecule has 0 saturated heterocycles. The maximum atomic E-state index is 11.5. The van der Waals surface area contributed by atoms with Crippen molar-refractivity contribution in [2.45, 2.75) is 6.92 Å². The number of ether oxygens (including phenoxy) is 1. The molecule has 0 aromatic carbocycles. The Kier molecular flexibility index (Phi) is 2.39. The molecule has 2 rings (SSSR count). The molecule has 0 radical (unpaired) electrons. The Morgan fingerprint density at radius 1 is 1.56 bits per heavy atom. The van der Waals surface area contributed by atoms with E-state index in [2.05, 4.69) is 20.5 Å². The molecular weight excluding hydrogens is 214 g/mol. The molecule has 0 bridgehead atoms. The number of nitrogens with zero attached hydrogens (tertiary/aromatic N) is 4. The van der Waals surface area contributed by atoms with Crippen LogP contribution in [0.3, 0.4) is 0 Å². The predicted molar refractivity (Wildman–Crippen MR) is 52.9 cm³/mol. The molecule has 0 fully saturated rings. The van der Waals surface area contributed by atoms with Crippen molar-refractivity contribution >= 4 is 17.0 Å². The summed E-state index contributed by atoms with van der Waals surface area (Å²) in [4.78, 5) is 22.9. The van der Waals surface area contributed by atoms with Crippen LogP contribution in [-0.4, -0.2) is 37.8 Å². The van der Waals surface area contributed by atoms with E-state index in [0.717, 1.165) is 0 Å². The summed E-state index contributed by atoms with van der Waals surface area (Å²) in [5.74, 6) is -0.618. The Labute approximate surface area is 89.2 Å². The molecule has 0 atom stereocenters. The van der Waals surface area contributed by atoms with Crippen molar-refractivity contribution in [2.24, 2.45) is 7.05 Å². The summed E-state index contributed by atoms with van der Waals surface area (Å²) in [5.41, 5.74) is -0.115. The molecule has 0 spiro atoms. The zero-order valence-corrected chi connectivity index (χ0v) is 8.72. The lowest BCUT2D eigenvalue weighted by Crippen LogP contribution is -2.12. The zero-order valence-electron chi connectivity index (χ0n) is 8.72. The summed E-state index contributed by atoms with van der Waals surface area (Å²) in [7, 11) is 1.54. The zero-order chi connectivity index (χ0) is 11.7. The number of fused-ring (bicyclic) bond motifs is 1. The number of hydrogen-bond acceptors (Lipinski definition) is 6. The van der Waals surface area contributed by atoms with Crippen LogP contribution >= 0.6 is 0 Å². The highest BCUT2D eigenvalue weighted by Crippen LogP contribution is 2.10. The van der Waals surface area contributed by atoms with Crippen LogP contribution in [0, 0.1) is 0 Å². The predicted octanol–water partition coefficient (Wildman–Crippen LogP) is -0.772. The summed E-state index contributed by atoms with van der Waals surface area (Å²) < 4.78 is 6.07. The van der Waals surface area contributed by atoms with Crippen LogP contribution in [0.15, 0.2) is 4.79 Å². The average Bonchev–Trinajstić information content (AvgIpc) is 2.58. The topological polar surface area (TPSA) is 103 Å². The number of aromatic nitrogens is 5. The smallest absolute Gasteiger partial charge is 0.361 e. The Morgan fingerprint density at radius 3 is 3.00 bits per heavy atom. The van der Waals surface area contributed by atoms with Crippen molar-refractivity contribution in [3.8, 4) is 0 Å². The van der Waals surface area contributed by atoms with Gasteiger partial charge in [-0.2, -0.15) is 5.10 Å². The lowest BCUT2D eigenvalue weighted by Gasteiger charge is -1.96. The molecule has 0 aliphatic carbocycles. The van der Waals surface area contributed by atoms with E-state index in [1.54, 1.807) is 14.0 Å². The summed E-state index contributed by atoms with van der Waals surface area (Å²) in [6.45, 7) is 1.91. The quantitative estimate of drug-likeness (QED) is 0.670. The number of H-pyrrole nitrogens is 1. The Morgan fingerprint density at radius 2 is 2.31 bits per heavy atom. The van der Waals surface area contributed by atoms with E-state index in [9.17, 15) is 9.59 Å². The normalized spacial score (nSPS) is 10.6. The van der Waals surface area contributed by atoms with E-state index in [1.165, 1.54) is 4.68 Å². The lowest BCUT2D eigenvalue weighted by atomic mass is 10.3.